The molecule has 4 heteroatoms. The molecule has 0 aromatic heterocycles. The molecule has 0 spiro atoms. The van der Waals surface area contributed by atoms with Crippen molar-refractivity contribution in [2.24, 2.45) is 5.92 Å². The minimum atomic E-state index is -0.225. The predicted molar refractivity (Wildman–Crippen MR) is 100 cm³/mol. The molecule has 0 radical (unpaired) electrons. The van der Waals surface area contributed by atoms with E-state index in [1.54, 1.807) is 13.0 Å². The van der Waals surface area contributed by atoms with Gasteiger partial charge in [-0.2, -0.15) is 0 Å². The maximum atomic E-state index is 11.5. The van der Waals surface area contributed by atoms with Gasteiger partial charge in [0.15, 0.2) is 0 Å². The molecule has 126 valence electrons. The normalized spacial score (nSPS) is 11.6. The van der Waals surface area contributed by atoms with Gasteiger partial charge in [-0.3, -0.25) is 4.79 Å². The summed E-state index contributed by atoms with van der Waals surface area (Å²) in [6, 6.07) is 16.1. The summed E-state index contributed by atoms with van der Waals surface area (Å²) in [6.45, 7) is 6.34. The second kappa shape index (κ2) is 9.28. The van der Waals surface area contributed by atoms with Crippen molar-refractivity contribution in [2.45, 2.75) is 13.3 Å². The third-order valence-corrected chi connectivity index (χ3v) is 4.09. The number of carbonyl (C=O) groups excluding carboxylic acids is 1. The molecule has 0 bridgehead atoms. The molecule has 2 aromatic rings. The van der Waals surface area contributed by atoms with E-state index in [9.17, 15) is 4.79 Å². The van der Waals surface area contributed by atoms with Crippen LogP contribution in [0.5, 0.6) is 5.75 Å². The standard InChI is InChI=1S/C20H21BrO3/c1-3-15(13-20(22)23-4-2)14-24-19-11-7-17(8-12-19)16-5-9-18(21)10-6-16/h3,5-12,15H,1,4,13-14H2,2H3. The predicted octanol–water partition coefficient (Wildman–Crippen LogP) is 5.25. The van der Waals surface area contributed by atoms with Gasteiger partial charge in [0, 0.05) is 10.4 Å². The van der Waals surface area contributed by atoms with Crippen LogP contribution < -0.4 is 4.74 Å². The van der Waals surface area contributed by atoms with Gasteiger partial charge in [0.05, 0.1) is 19.6 Å². The highest BCUT2D eigenvalue weighted by Crippen LogP contribution is 2.24. The highest BCUT2D eigenvalue weighted by Gasteiger charge is 2.12. The number of halogens is 1. The zero-order chi connectivity index (χ0) is 17.4. The number of rotatable bonds is 8. The van der Waals surface area contributed by atoms with Crippen molar-refractivity contribution in [3.8, 4) is 16.9 Å². The zero-order valence-electron chi connectivity index (χ0n) is 13.7. The number of carbonyl (C=O) groups is 1. The lowest BCUT2D eigenvalue weighted by molar-refractivity contribution is -0.144. The van der Waals surface area contributed by atoms with Crippen LogP contribution in [0, 0.1) is 5.92 Å². The molecule has 0 fully saturated rings. The van der Waals surface area contributed by atoms with Crippen LogP contribution >= 0.6 is 15.9 Å². The van der Waals surface area contributed by atoms with Crippen LogP contribution in [-0.4, -0.2) is 19.2 Å². The molecule has 24 heavy (non-hydrogen) atoms. The van der Waals surface area contributed by atoms with E-state index in [1.165, 1.54) is 0 Å². The molecule has 1 atom stereocenters. The van der Waals surface area contributed by atoms with Gasteiger partial charge in [-0.15, -0.1) is 6.58 Å². The van der Waals surface area contributed by atoms with Crippen LogP contribution in [0.2, 0.25) is 0 Å². The number of ether oxygens (including phenoxy) is 2. The molecule has 0 aliphatic rings. The Morgan fingerprint density at radius 2 is 1.71 bits per heavy atom. The average molecular weight is 389 g/mol. The number of hydrogen-bond donors (Lipinski definition) is 0. The lowest BCUT2D eigenvalue weighted by Gasteiger charge is -2.13. The lowest BCUT2D eigenvalue weighted by Crippen LogP contribution is -2.16. The van der Waals surface area contributed by atoms with E-state index >= 15 is 0 Å². The van der Waals surface area contributed by atoms with E-state index in [0.29, 0.717) is 13.2 Å². The van der Waals surface area contributed by atoms with Crippen molar-refractivity contribution in [1.29, 1.82) is 0 Å². The fourth-order valence-electron chi connectivity index (χ4n) is 2.23. The van der Waals surface area contributed by atoms with Gasteiger partial charge >= 0.3 is 5.97 Å². The summed E-state index contributed by atoms with van der Waals surface area (Å²) >= 11 is 3.44. The minimum absolute atomic E-state index is 0.0600. The van der Waals surface area contributed by atoms with E-state index in [0.717, 1.165) is 21.3 Å². The molecule has 1 unspecified atom stereocenters. The summed E-state index contributed by atoms with van der Waals surface area (Å²) in [5.74, 6) is 0.485. The maximum absolute atomic E-state index is 11.5. The molecule has 0 aliphatic heterocycles. The Morgan fingerprint density at radius 1 is 1.12 bits per heavy atom. The Bertz CT molecular complexity index is 662. The smallest absolute Gasteiger partial charge is 0.306 e. The van der Waals surface area contributed by atoms with Crippen LogP contribution in [-0.2, 0) is 9.53 Å². The molecule has 0 saturated heterocycles. The van der Waals surface area contributed by atoms with Crippen LogP contribution in [0.4, 0.5) is 0 Å². The highest BCUT2D eigenvalue weighted by atomic mass is 79.9. The molecule has 3 nitrogen and oxygen atoms in total. The zero-order valence-corrected chi connectivity index (χ0v) is 15.3. The quantitative estimate of drug-likeness (QED) is 0.457. The van der Waals surface area contributed by atoms with Crippen LogP contribution in [0.1, 0.15) is 13.3 Å². The Hall–Kier alpha value is -2.07. The Morgan fingerprint density at radius 3 is 2.25 bits per heavy atom. The van der Waals surface area contributed by atoms with Gasteiger partial charge in [0.1, 0.15) is 5.75 Å². The van der Waals surface area contributed by atoms with Gasteiger partial charge in [0.25, 0.3) is 0 Å². The van der Waals surface area contributed by atoms with Crippen LogP contribution in [0.15, 0.2) is 65.7 Å². The third kappa shape index (κ3) is 5.53. The van der Waals surface area contributed by atoms with Crippen molar-refractivity contribution >= 4 is 21.9 Å². The van der Waals surface area contributed by atoms with Gasteiger partial charge in [-0.05, 0) is 42.3 Å². The van der Waals surface area contributed by atoms with Crippen LogP contribution in [0.25, 0.3) is 11.1 Å². The first-order valence-electron chi connectivity index (χ1n) is 7.89. The Balaban J connectivity index is 1.92. The van der Waals surface area contributed by atoms with Gasteiger partial charge in [-0.25, -0.2) is 0 Å². The van der Waals surface area contributed by atoms with Crippen molar-refractivity contribution in [3.63, 3.8) is 0 Å². The highest BCUT2D eigenvalue weighted by molar-refractivity contribution is 9.10. The summed E-state index contributed by atoms with van der Waals surface area (Å²) < 4.78 is 11.8. The lowest BCUT2D eigenvalue weighted by atomic mass is 10.1. The fourth-order valence-corrected chi connectivity index (χ4v) is 2.50. The molecule has 2 aromatic carbocycles. The molecule has 0 saturated carbocycles. The fraction of sp³-hybridized carbons (Fsp3) is 0.250. The molecule has 0 amide bonds. The van der Waals surface area contributed by atoms with E-state index < -0.39 is 0 Å². The largest absolute Gasteiger partial charge is 0.493 e. The number of benzene rings is 2. The van der Waals surface area contributed by atoms with E-state index in [2.05, 4.69) is 34.6 Å². The molecule has 0 aliphatic carbocycles. The van der Waals surface area contributed by atoms with E-state index in [4.69, 9.17) is 9.47 Å². The summed E-state index contributed by atoms with van der Waals surface area (Å²) in [4.78, 5) is 11.5. The van der Waals surface area contributed by atoms with Crippen LogP contribution in [0.3, 0.4) is 0 Å². The summed E-state index contributed by atoms with van der Waals surface area (Å²) in [5, 5.41) is 0. The second-order valence-corrected chi connectivity index (χ2v) is 6.26. The van der Waals surface area contributed by atoms with Crippen molar-refractivity contribution < 1.29 is 14.3 Å². The first kappa shape index (κ1) is 18.3. The van der Waals surface area contributed by atoms with Gasteiger partial charge in [-0.1, -0.05) is 46.3 Å². The first-order chi connectivity index (χ1) is 11.6. The minimum Gasteiger partial charge on any atom is -0.493 e. The van der Waals surface area contributed by atoms with E-state index in [1.807, 2.05) is 36.4 Å². The molecule has 2 rings (SSSR count). The van der Waals surface area contributed by atoms with Crippen molar-refractivity contribution in [2.75, 3.05) is 13.2 Å². The van der Waals surface area contributed by atoms with E-state index in [-0.39, 0.29) is 18.3 Å². The van der Waals surface area contributed by atoms with Crippen molar-refractivity contribution in [3.05, 3.63) is 65.7 Å². The summed E-state index contributed by atoms with van der Waals surface area (Å²) in [5.41, 5.74) is 2.28. The molecule has 0 N–H and O–H groups in total. The van der Waals surface area contributed by atoms with Gasteiger partial charge in [0.2, 0.25) is 0 Å². The molecule has 0 heterocycles. The SMILES string of the molecule is C=CC(COc1ccc(-c2ccc(Br)cc2)cc1)CC(=O)OCC. The summed E-state index contributed by atoms with van der Waals surface area (Å²) in [6.07, 6.45) is 2.02. The van der Waals surface area contributed by atoms with Gasteiger partial charge < -0.3 is 9.47 Å². The molecular weight excluding hydrogens is 368 g/mol. The van der Waals surface area contributed by atoms with Crippen molar-refractivity contribution in [1.82, 2.24) is 0 Å². The Kier molecular flexibility index (Phi) is 7.07. The second-order valence-electron chi connectivity index (χ2n) is 5.35. The average Bonchev–Trinajstić information content (AvgIpc) is 2.60. The first-order valence-corrected chi connectivity index (χ1v) is 8.68. The monoisotopic (exact) mass is 388 g/mol. The molecular formula is C20H21BrO3. The number of hydrogen-bond acceptors (Lipinski definition) is 3. The topological polar surface area (TPSA) is 35.5 Å². The number of esters is 1. The summed E-state index contributed by atoms with van der Waals surface area (Å²) in [7, 11) is 0. The Labute approximate surface area is 151 Å². The maximum Gasteiger partial charge on any atom is 0.306 e. The third-order valence-electron chi connectivity index (χ3n) is 3.56.